The summed E-state index contributed by atoms with van der Waals surface area (Å²) in [5, 5.41) is 2.55. The van der Waals surface area contributed by atoms with E-state index in [1.54, 1.807) is 12.1 Å². The number of alkyl halides is 3. The van der Waals surface area contributed by atoms with Crippen molar-refractivity contribution in [1.29, 1.82) is 0 Å². The molecule has 1 N–H and O–H groups in total. The highest BCUT2D eigenvalue weighted by Crippen LogP contribution is 2.23. The maximum atomic E-state index is 12.7. The standard InChI is InChI=1S/C20H18F3N3O5/c1-11-7-15(12(2)25(11)10-20(21,22)23)16(27)9-31-17(28)8-26-19(30)14-6-4-3-5-13(14)18(29)24-26/h3-7H,8-10H2,1-2H3,(H,24,29). The first kappa shape index (κ1) is 22.1. The van der Waals surface area contributed by atoms with Crippen LogP contribution in [0.1, 0.15) is 21.7 Å². The molecular weight excluding hydrogens is 419 g/mol. The van der Waals surface area contributed by atoms with Gasteiger partial charge in [-0.05, 0) is 32.0 Å². The van der Waals surface area contributed by atoms with Crippen molar-refractivity contribution in [2.75, 3.05) is 6.61 Å². The molecule has 0 aliphatic rings. The molecule has 3 aromatic rings. The van der Waals surface area contributed by atoms with Crippen molar-refractivity contribution < 1.29 is 27.5 Å². The number of fused-ring (bicyclic) bond motifs is 1. The van der Waals surface area contributed by atoms with Crippen LogP contribution in [0.5, 0.6) is 0 Å². The lowest BCUT2D eigenvalue weighted by atomic mass is 10.1. The van der Waals surface area contributed by atoms with Crippen molar-refractivity contribution >= 4 is 22.5 Å². The molecule has 2 heterocycles. The molecule has 2 aromatic heterocycles. The van der Waals surface area contributed by atoms with Crippen LogP contribution < -0.4 is 11.1 Å². The highest BCUT2D eigenvalue weighted by atomic mass is 19.4. The number of halogens is 3. The number of benzene rings is 1. The van der Waals surface area contributed by atoms with E-state index >= 15 is 0 Å². The molecule has 1 aromatic carbocycles. The van der Waals surface area contributed by atoms with Gasteiger partial charge in [0.25, 0.3) is 11.1 Å². The van der Waals surface area contributed by atoms with E-state index in [1.807, 2.05) is 0 Å². The number of ketones is 1. The van der Waals surface area contributed by atoms with E-state index in [9.17, 15) is 32.3 Å². The summed E-state index contributed by atoms with van der Waals surface area (Å²) in [7, 11) is 0. The number of aromatic nitrogens is 3. The molecule has 0 unspecified atom stereocenters. The number of nitrogens with one attached hydrogen (secondary N) is 1. The summed E-state index contributed by atoms with van der Waals surface area (Å²) in [6, 6.07) is 7.36. The largest absolute Gasteiger partial charge is 0.456 e. The van der Waals surface area contributed by atoms with E-state index in [0.29, 0.717) is 0 Å². The molecule has 11 heteroatoms. The molecule has 0 aliphatic carbocycles. The Bertz CT molecular complexity index is 1280. The number of hydrogen-bond acceptors (Lipinski definition) is 5. The Kier molecular flexibility index (Phi) is 5.87. The van der Waals surface area contributed by atoms with Crippen LogP contribution in [-0.4, -0.2) is 38.9 Å². The van der Waals surface area contributed by atoms with Gasteiger partial charge in [0.15, 0.2) is 6.61 Å². The average molecular weight is 437 g/mol. The van der Waals surface area contributed by atoms with Gasteiger partial charge in [-0.15, -0.1) is 0 Å². The van der Waals surface area contributed by atoms with Crippen LogP contribution in [0.3, 0.4) is 0 Å². The summed E-state index contributed by atoms with van der Waals surface area (Å²) in [6.07, 6.45) is -4.45. The van der Waals surface area contributed by atoms with Crippen molar-refractivity contribution in [3.05, 3.63) is 68.0 Å². The van der Waals surface area contributed by atoms with Gasteiger partial charge in [0.05, 0.1) is 10.8 Å². The van der Waals surface area contributed by atoms with Crippen LogP contribution in [0.25, 0.3) is 10.8 Å². The summed E-state index contributed by atoms with van der Waals surface area (Å²) >= 11 is 0. The van der Waals surface area contributed by atoms with Crippen LogP contribution in [0, 0.1) is 13.8 Å². The minimum absolute atomic E-state index is 0.00540. The van der Waals surface area contributed by atoms with Crippen molar-refractivity contribution in [1.82, 2.24) is 14.3 Å². The third kappa shape index (κ3) is 4.76. The predicted octanol–water partition coefficient (Wildman–Crippen LogP) is 2.10. The van der Waals surface area contributed by atoms with E-state index < -0.39 is 48.7 Å². The molecule has 0 saturated heterocycles. The molecule has 31 heavy (non-hydrogen) atoms. The molecule has 0 bridgehead atoms. The molecule has 0 spiro atoms. The van der Waals surface area contributed by atoms with Gasteiger partial charge in [-0.1, -0.05) is 12.1 Å². The fourth-order valence-corrected chi connectivity index (χ4v) is 3.26. The molecule has 0 amide bonds. The number of ether oxygens (including phenoxy) is 1. The Labute approximate surface area is 172 Å². The van der Waals surface area contributed by atoms with Gasteiger partial charge in [0, 0.05) is 17.0 Å². The third-order valence-electron chi connectivity index (χ3n) is 4.75. The van der Waals surface area contributed by atoms with Crippen LogP contribution >= 0.6 is 0 Å². The first-order chi connectivity index (χ1) is 14.5. The van der Waals surface area contributed by atoms with E-state index in [0.717, 1.165) is 9.25 Å². The highest BCUT2D eigenvalue weighted by Gasteiger charge is 2.30. The molecule has 0 radical (unpaired) electrons. The Morgan fingerprint density at radius 1 is 1.10 bits per heavy atom. The number of hydrogen-bond donors (Lipinski definition) is 1. The zero-order chi connectivity index (χ0) is 22.9. The number of aryl methyl sites for hydroxylation is 1. The highest BCUT2D eigenvalue weighted by molar-refractivity contribution is 5.99. The van der Waals surface area contributed by atoms with Crippen LogP contribution in [0.15, 0.2) is 39.9 Å². The fourth-order valence-electron chi connectivity index (χ4n) is 3.26. The number of nitrogens with zero attached hydrogens (tertiary/aromatic N) is 2. The summed E-state index contributed by atoms with van der Waals surface area (Å²) in [4.78, 5) is 48.9. The van der Waals surface area contributed by atoms with Gasteiger partial charge >= 0.3 is 12.1 Å². The SMILES string of the molecule is Cc1cc(C(=O)COC(=O)Cn2[nH]c(=O)c3ccccc3c2=O)c(C)n1CC(F)(F)F. The zero-order valence-corrected chi connectivity index (χ0v) is 16.6. The number of esters is 1. The maximum Gasteiger partial charge on any atom is 0.406 e. The number of carbonyl (C=O) groups is 2. The van der Waals surface area contributed by atoms with Gasteiger partial charge < -0.3 is 9.30 Å². The molecule has 8 nitrogen and oxygen atoms in total. The second-order valence-corrected chi connectivity index (χ2v) is 6.95. The lowest BCUT2D eigenvalue weighted by Crippen LogP contribution is -2.33. The quantitative estimate of drug-likeness (QED) is 0.470. The molecule has 0 aliphatic heterocycles. The molecule has 0 saturated carbocycles. The third-order valence-corrected chi connectivity index (χ3v) is 4.75. The first-order valence-corrected chi connectivity index (χ1v) is 9.12. The lowest BCUT2D eigenvalue weighted by Gasteiger charge is -2.12. The predicted molar refractivity (Wildman–Crippen MR) is 104 cm³/mol. The second kappa shape index (κ2) is 8.25. The first-order valence-electron chi connectivity index (χ1n) is 9.12. The molecule has 0 atom stereocenters. The monoisotopic (exact) mass is 437 g/mol. The molecule has 164 valence electrons. The second-order valence-electron chi connectivity index (χ2n) is 6.95. The average Bonchev–Trinajstić information content (AvgIpc) is 2.97. The van der Waals surface area contributed by atoms with Gasteiger partial charge in [-0.3, -0.25) is 24.3 Å². The van der Waals surface area contributed by atoms with Crippen LogP contribution in [0.4, 0.5) is 13.2 Å². The smallest absolute Gasteiger partial charge is 0.406 e. The molecular formula is C20H18F3N3O5. The van der Waals surface area contributed by atoms with Crippen molar-refractivity contribution in [3.63, 3.8) is 0 Å². The Hall–Kier alpha value is -3.63. The number of Topliss-reactive ketones (excluding diaryl/α,β-unsaturated/α-hetero) is 1. The minimum atomic E-state index is -4.45. The Morgan fingerprint density at radius 3 is 2.39 bits per heavy atom. The zero-order valence-electron chi connectivity index (χ0n) is 16.6. The van der Waals surface area contributed by atoms with Crippen molar-refractivity contribution in [3.8, 4) is 0 Å². The lowest BCUT2D eigenvalue weighted by molar-refractivity contribution is -0.143. The summed E-state index contributed by atoms with van der Waals surface area (Å²) < 4.78 is 44.7. The van der Waals surface area contributed by atoms with Gasteiger partial charge in [-0.25, -0.2) is 4.68 Å². The number of H-pyrrole nitrogens is 1. The van der Waals surface area contributed by atoms with Gasteiger partial charge in [0.2, 0.25) is 5.78 Å². The summed E-state index contributed by atoms with van der Waals surface area (Å²) in [5.41, 5.74) is -0.841. The molecule has 0 fully saturated rings. The summed E-state index contributed by atoms with van der Waals surface area (Å²) in [6.45, 7) is 0.203. The Morgan fingerprint density at radius 2 is 1.74 bits per heavy atom. The number of carbonyl (C=O) groups excluding carboxylic acids is 2. The topological polar surface area (TPSA) is 103 Å². The van der Waals surface area contributed by atoms with Crippen molar-refractivity contribution in [2.24, 2.45) is 0 Å². The fraction of sp³-hybridized carbons (Fsp3) is 0.300. The van der Waals surface area contributed by atoms with E-state index in [4.69, 9.17) is 4.74 Å². The summed E-state index contributed by atoms with van der Waals surface area (Å²) in [5.74, 6) is -1.65. The maximum absolute atomic E-state index is 12.7. The van der Waals surface area contributed by atoms with E-state index in [1.165, 1.54) is 32.0 Å². The minimum Gasteiger partial charge on any atom is -0.456 e. The van der Waals surface area contributed by atoms with Gasteiger partial charge in [0.1, 0.15) is 13.1 Å². The van der Waals surface area contributed by atoms with E-state index in [2.05, 4.69) is 5.10 Å². The van der Waals surface area contributed by atoms with Crippen molar-refractivity contribution in [2.45, 2.75) is 33.1 Å². The van der Waals surface area contributed by atoms with Gasteiger partial charge in [-0.2, -0.15) is 13.2 Å². The van der Waals surface area contributed by atoms with Crippen LogP contribution in [-0.2, 0) is 22.6 Å². The number of aromatic amines is 1. The van der Waals surface area contributed by atoms with Crippen LogP contribution in [0.2, 0.25) is 0 Å². The normalized spacial score (nSPS) is 11.6. The molecule has 3 rings (SSSR count). The van der Waals surface area contributed by atoms with E-state index in [-0.39, 0.29) is 27.7 Å². The Balaban J connectivity index is 1.71. The number of rotatable bonds is 6.